The van der Waals surface area contributed by atoms with Crippen LogP contribution in [0.5, 0.6) is 5.75 Å². The van der Waals surface area contributed by atoms with Crippen LogP contribution in [0.3, 0.4) is 0 Å². The molecule has 1 heterocycles. The average molecular weight is 492 g/mol. The molecule has 194 valence electrons. The summed E-state index contributed by atoms with van der Waals surface area (Å²) in [5, 5.41) is 5.19. The van der Waals surface area contributed by atoms with Gasteiger partial charge in [-0.25, -0.2) is 9.59 Å². The fourth-order valence-corrected chi connectivity index (χ4v) is 3.72. The maximum absolute atomic E-state index is 13.0. The molecule has 35 heavy (non-hydrogen) atoms. The number of likely N-dealkylation sites (tertiary alicyclic amines) is 1. The van der Waals surface area contributed by atoms with Gasteiger partial charge in [-0.2, -0.15) is 0 Å². The Morgan fingerprint density at radius 2 is 1.80 bits per heavy atom. The summed E-state index contributed by atoms with van der Waals surface area (Å²) in [6, 6.07) is 7.42. The molecule has 1 aliphatic rings. The quantitative estimate of drug-likeness (QED) is 0.508. The van der Waals surface area contributed by atoms with Crippen molar-refractivity contribution in [1.82, 2.24) is 15.5 Å². The lowest BCUT2D eigenvalue weighted by atomic mass is 9.98. The van der Waals surface area contributed by atoms with Crippen LogP contribution >= 0.6 is 0 Å². The van der Waals surface area contributed by atoms with Gasteiger partial charge in [0.1, 0.15) is 29.5 Å². The van der Waals surface area contributed by atoms with E-state index < -0.39 is 47.7 Å². The summed E-state index contributed by atoms with van der Waals surface area (Å²) in [7, 11) is 1.26. The van der Waals surface area contributed by atoms with Crippen molar-refractivity contribution in [2.45, 2.75) is 71.2 Å². The molecule has 1 aromatic rings. The zero-order chi connectivity index (χ0) is 26.2. The summed E-state index contributed by atoms with van der Waals surface area (Å²) in [5.74, 6) is -1.07. The van der Waals surface area contributed by atoms with Gasteiger partial charge in [0.05, 0.1) is 20.2 Å². The molecule has 1 aliphatic heterocycles. The average Bonchev–Trinajstić information content (AvgIpc) is 3.23. The Morgan fingerprint density at radius 1 is 1.14 bits per heavy atom. The Bertz CT molecular complexity index is 885. The van der Waals surface area contributed by atoms with Crippen LogP contribution < -0.4 is 15.4 Å². The highest BCUT2D eigenvalue weighted by Crippen LogP contribution is 2.24. The minimum absolute atomic E-state index is 0.175. The smallest absolute Gasteiger partial charge is 0.408 e. The zero-order valence-corrected chi connectivity index (χ0v) is 21.3. The molecule has 1 fully saturated rings. The van der Waals surface area contributed by atoms with E-state index in [1.54, 1.807) is 32.9 Å². The second-order valence-electron chi connectivity index (χ2n) is 9.60. The number of rotatable bonds is 9. The van der Waals surface area contributed by atoms with Crippen LogP contribution in [-0.4, -0.2) is 72.8 Å². The van der Waals surface area contributed by atoms with Gasteiger partial charge in [0, 0.05) is 6.42 Å². The lowest BCUT2D eigenvalue weighted by molar-refractivity contribution is -0.150. The summed E-state index contributed by atoms with van der Waals surface area (Å²) in [4.78, 5) is 51.8. The van der Waals surface area contributed by atoms with Crippen molar-refractivity contribution in [2.75, 3.05) is 20.2 Å². The van der Waals surface area contributed by atoms with E-state index in [2.05, 4.69) is 10.6 Å². The Labute approximate surface area is 206 Å². The van der Waals surface area contributed by atoms with Crippen LogP contribution in [0.25, 0.3) is 0 Å². The van der Waals surface area contributed by atoms with Crippen molar-refractivity contribution < 1.29 is 33.4 Å². The van der Waals surface area contributed by atoms with Gasteiger partial charge < -0.3 is 29.7 Å². The third-order valence-corrected chi connectivity index (χ3v) is 5.68. The lowest BCUT2D eigenvalue weighted by Gasteiger charge is -2.27. The summed E-state index contributed by atoms with van der Waals surface area (Å²) in [6.45, 7) is 8.74. The normalized spacial score (nSPS) is 19.3. The molecular weight excluding hydrogens is 454 g/mol. The number of carbonyl (C=O) groups is 4. The van der Waals surface area contributed by atoms with Gasteiger partial charge in [0.25, 0.3) is 0 Å². The topological polar surface area (TPSA) is 123 Å². The number of carbonyl (C=O) groups excluding carboxylic acids is 4. The standard InChI is InChI=1S/C25H37N3O7/c1-7-16(2)21(27-24(32)35-25(3,4)5)22(30)26-14-20(29)28-15-18(13-19(28)23(31)33-6)34-17-11-9-8-10-12-17/h8-12,16,18-19,21H,7,13-15H2,1-6H3,(H,26,30)(H,27,32)/t16-,18+,19-,21-/m0/s1. The summed E-state index contributed by atoms with van der Waals surface area (Å²) < 4.78 is 16.1. The van der Waals surface area contributed by atoms with E-state index in [-0.39, 0.29) is 25.4 Å². The number of methoxy groups -OCH3 is 1. The second kappa shape index (κ2) is 12.4. The third-order valence-electron chi connectivity index (χ3n) is 5.68. The number of ether oxygens (including phenoxy) is 3. The molecule has 1 aromatic carbocycles. The molecule has 0 bridgehead atoms. The van der Waals surface area contributed by atoms with Gasteiger partial charge in [-0.1, -0.05) is 38.5 Å². The molecule has 4 atom stereocenters. The van der Waals surface area contributed by atoms with E-state index in [1.807, 2.05) is 32.0 Å². The van der Waals surface area contributed by atoms with Crippen molar-refractivity contribution >= 4 is 23.9 Å². The number of nitrogens with zero attached hydrogens (tertiary/aromatic N) is 1. The van der Waals surface area contributed by atoms with Crippen molar-refractivity contribution in [2.24, 2.45) is 5.92 Å². The van der Waals surface area contributed by atoms with Crippen LogP contribution in [0.1, 0.15) is 47.5 Å². The number of alkyl carbamates (subject to hydrolysis) is 1. The van der Waals surface area contributed by atoms with Crippen molar-refractivity contribution in [1.29, 1.82) is 0 Å². The molecule has 3 amide bonds. The number of hydrogen-bond donors (Lipinski definition) is 2. The minimum atomic E-state index is -0.883. The van der Waals surface area contributed by atoms with Crippen LogP contribution in [-0.2, 0) is 23.9 Å². The molecule has 10 nitrogen and oxygen atoms in total. The van der Waals surface area contributed by atoms with Gasteiger partial charge in [0.15, 0.2) is 0 Å². The van der Waals surface area contributed by atoms with E-state index in [0.717, 1.165) is 0 Å². The van der Waals surface area contributed by atoms with Gasteiger partial charge in [-0.15, -0.1) is 0 Å². The molecular formula is C25H37N3O7. The van der Waals surface area contributed by atoms with Crippen molar-refractivity contribution in [3.63, 3.8) is 0 Å². The maximum atomic E-state index is 13.0. The molecule has 0 spiro atoms. The fraction of sp³-hybridized carbons (Fsp3) is 0.600. The molecule has 0 saturated carbocycles. The molecule has 0 aliphatic carbocycles. The van der Waals surface area contributed by atoms with Crippen LogP contribution in [0, 0.1) is 5.92 Å². The van der Waals surface area contributed by atoms with Crippen molar-refractivity contribution in [3.05, 3.63) is 30.3 Å². The maximum Gasteiger partial charge on any atom is 0.408 e. The Balaban J connectivity index is 2.02. The third kappa shape index (κ3) is 8.45. The van der Waals surface area contributed by atoms with E-state index >= 15 is 0 Å². The van der Waals surface area contributed by atoms with E-state index in [0.29, 0.717) is 12.2 Å². The first-order valence-electron chi connectivity index (χ1n) is 11.8. The number of esters is 1. The first-order valence-corrected chi connectivity index (χ1v) is 11.8. The van der Waals surface area contributed by atoms with Gasteiger partial charge in [0.2, 0.25) is 11.8 Å². The van der Waals surface area contributed by atoms with Gasteiger partial charge in [-0.05, 0) is 38.8 Å². The Kier molecular flexibility index (Phi) is 9.91. The molecule has 2 N–H and O–H groups in total. The highest BCUT2D eigenvalue weighted by molar-refractivity contribution is 5.91. The first kappa shape index (κ1) is 27.9. The minimum Gasteiger partial charge on any atom is -0.488 e. The summed E-state index contributed by atoms with van der Waals surface area (Å²) in [6.07, 6.45) is -0.216. The monoisotopic (exact) mass is 491 g/mol. The number of benzene rings is 1. The highest BCUT2D eigenvalue weighted by atomic mass is 16.6. The number of amides is 3. The molecule has 1 saturated heterocycles. The zero-order valence-electron chi connectivity index (χ0n) is 21.3. The van der Waals surface area contributed by atoms with Crippen LogP contribution in [0.4, 0.5) is 4.79 Å². The number of nitrogens with one attached hydrogen (secondary N) is 2. The van der Waals surface area contributed by atoms with E-state index in [4.69, 9.17) is 14.2 Å². The Morgan fingerprint density at radius 3 is 2.37 bits per heavy atom. The molecule has 2 rings (SSSR count). The first-order chi connectivity index (χ1) is 16.4. The molecule has 0 unspecified atom stereocenters. The van der Waals surface area contributed by atoms with E-state index in [1.165, 1.54) is 12.0 Å². The van der Waals surface area contributed by atoms with Crippen LogP contribution in [0.15, 0.2) is 30.3 Å². The molecule has 0 aromatic heterocycles. The fourth-order valence-electron chi connectivity index (χ4n) is 3.72. The predicted molar refractivity (Wildman–Crippen MR) is 129 cm³/mol. The van der Waals surface area contributed by atoms with Crippen LogP contribution in [0.2, 0.25) is 0 Å². The highest BCUT2D eigenvalue weighted by Gasteiger charge is 2.41. The number of hydrogen-bond acceptors (Lipinski definition) is 7. The second-order valence-corrected chi connectivity index (χ2v) is 9.60. The summed E-state index contributed by atoms with van der Waals surface area (Å²) >= 11 is 0. The van der Waals surface area contributed by atoms with E-state index in [9.17, 15) is 19.2 Å². The van der Waals surface area contributed by atoms with Gasteiger partial charge >= 0.3 is 12.1 Å². The number of para-hydroxylation sites is 1. The van der Waals surface area contributed by atoms with Crippen molar-refractivity contribution in [3.8, 4) is 5.75 Å². The summed E-state index contributed by atoms with van der Waals surface area (Å²) in [5.41, 5.74) is -0.715. The molecule has 10 heteroatoms. The SMILES string of the molecule is CC[C@H](C)[C@H](NC(=O)OC(C)(C)C)C(=O)NCC(=O)N1C[C@H](Oc2ccccc2)C[C@H]1C(=O)OC. The largest absolute Gasteiger partial charge is 0.488 e. The lowest BCUT2D eigenvalue weighted by Crippen LogP contribution is -2.53. The Hall–Kier alpha value is -3.30. The van der Waals surface area contributed by atoms with Gasteiger partial charge in [-0.3, -0.25) is 9.59 Å². The molecule has 0 radical (unpaired) electrons. The predicted octanol–water partition coefficient (Wildman–Crippen LogP) is 2.26.